The molecule has 0 aliphatic heterocycles. The van der Waals surface area contributed by atoms with Crippen LogP contribution in [0, 0.1) is 6.92 Å². The second-order valence-electron chi connectivity index (χ2n) is 4.20. The molecule has 20 heavy (non-hydrogen) atoms. The minimum absolute atomic E-state index is 0.669. The van der Waals surface area contributed by atoms with Gasteiger partial charge in [0.2, 0.25) is 0 Å². The summed E-state index contributed by atoms with van der Waals surface area (Å²) >= 11 is 1.58. The van der Waals surface area contributed by atoms with Crippen molar-refractivity contribution in [1.29, 1.82) is 0 Å². The van der Waals surface area contributed by atoms with Gasteiger partial charge >= 0.3 is 0 Å². The maximum atomic E-state index is 5.51. The van der Waals surface area contributed by atoms with Crippen LogP contribution in [-0.2, 0) is 6.42 Å². The summed E-state index contributed by atoms with van der Waals surface area (Å²) in [6.07, 6.45) is 0.765. The van der Waals surface area contributed by atoms with E-state index in [0.29, 0.717) is 5.82 Å². The van der Waals surface area contributed by atoms with Gasteiger partial charge in [0.05, 0.1) is 7.11 Å². The van der Waals surface area contributed by atoms with Crippen LogP contribution in [-0.4, -0.2) is 17.1 Å². The molecule has 0 radical (unpaired) electrons. The molecule has 3 N–H and O–H groups in total. The van der Waals surface area contributed by atoms with Crippen molar-refractivity contribution in [2.24, 2.45) is 5.84 Å². The quantitative estimate of drug-likeness (QED) is 0.501. The smallest absolute Gasteiger partial charge is 0.147 e. The highest BCUT2D eigenvalue weighted by molar-refractivity contribution is 7.99. The number of nitrogen functional groups attached to an aromatic ring is 1. The third-order valence-corrected chi connectivity index (χ3v) is 3.94. The zero-order valence-corrected chi connectivity index (χ0v) is 12.6. The van der Waals surface area contributed by atoms with E-state index in [1.807, 2.05) is 38.1 Å². The zero-order valence-electron chi connectivity index (χ0n) is 11.8. The highest BCUT2D eigenvalue weighted by Crippen LogP contribution is 2.32. The monoisotopic (exact) mass is 290 g/mol. The van der Waals surface area contributed by atoms with Crippen LogP contribution < -0.4 is 16.0 Å². The molecule has 0 aliphatic carbocycles. The summed E-state index contributed by atoms with van der Waals surface area (Å²) in [5.41, 5.74) is 3.57. The summed E-state index contributed by atoms with van der Waals surface area (Å²) < 4.78 is 5.23. The summed E-state index contributed by atoms with van der Waals surface area (Å²) in [6.45, 7) is 3.97. The molecule has 0 aliphatic rings. The van der Waals surface area contributed by atoms with Crippen molar-refractivity contribution >= 4 is 17.6 Å². The van der Waals surface area contributed by atoms with Crippen molar-refractivity contribution in [1.82, 2.24) is 9.97 Å². The Morgan fingerprint density at radius 3 is 2.80 bits per heavy atom. The van der Waals surface area contributed by atoms with Gasteiger partial charge in [0.25, 0.3) is 0 Å². The van der Waals surface area contributed by atoms with Crippen LogP contribution in [0.2, 0.25) is 0 Å². The van der Waals surface area contributed by atoms with Gasteiger partial charge < -0.3 is 10.2 Å². The maximum Gasteiger partial charge on any atom is 0.147 e. The third-order valence-electron chi connectivity index (χ3n) is 2.86. The molecule has 1 aromatic carbocycles. The summed E-state index contributed by atoms with van der Waals surface area (Å²) in [6, 6.07) is 7.88. The maximum absolute atomic E-state index is 5.51. The van der Waals surface area contributed by atoms with Crippen LogP contribution in [0.1, 0.15) is 18.3 Å². The second kappa shape index (κ2) is 6.58. The Morgan fingerprint density at radius 2 is 2.15 bits per heavy atom. The standard InChI is InChI=1S/C14H18N4OS/c1-4-12-16-13(18-15)9(2)14(17-12)20-11-7-5-6-10(8-11)19-3/h5-8H,4,15H2,1-3H3,(H,16,17,18). The molecule has 0 amide bonds. The lowest BCUT2D eigenvalue weighted by atomic mass is 10.3. The predicted octanol–water partition coefficient (Wildman–Crippen LogP) is 2.79. The molecule has 0 fully saturated rings. The van der Waals surface area contributed by atoms with Gasteiger partial charge in [-0.05, 0) is 25.1 Å². The molecule has 0 bridgehead atoms. The Morgan fingerprint density at radius 1 is 1.35 bits per heavy atom. The Hall–Kier alpha value is -1.79. The van der Waals surface area contributed by atoms with Crippen molar-refractivity contribution in [3.8, 4) is 5.75 Å². The topological polar surface area (TPSA) is 73.1 Å². The van der Waals surface area contributed by atoms with E-state index in [9.17, 15) is 0 Å². The molecule has 1 aromatic heterocycles. The molecular weight excluding hydrogens is 272 g/mol. The number of ether oxygens (including phenoxy) is 1. The van der Waals surface area contributed by atoms with Crippen molar-refractivity contribution in [3.05, 3.63) is 35.7 Å². The van der Waals surface area contributed by atoms with Crippen LogP contribution >= 0.6 is 11.8 Å². The first-order valence-corrected chi connectivity index (χ1v) is 7.15. The fourth-order valence-corrected chi connectivity index (χ4v) is 2.66. The number of benzene rings is 1. The number of nitrogens with two attached hydrogens (primary N) is 1. The lowest BCUT2D eigenvalue weighted by Gasteiger charge is -2.11. The predicted molar refractivity (Wildman–Crippen MR) is 81.1 cm³/mol. The van der Waals surface area contributed by atoms with E-state index in [4.69, 9.17) is 10.6 Å². The number of hydrogen-bond donors (Lipinski definition) is 2. The van der Waals surface area contributed by atoms with E-state index in [0.717, 1.165) is 33.5 Å². The number of nitrogens with zero attached hydrogens (tertiary/aromatic N) is 2. The van der Waals surface area contributed by atoms with Crippen molar-refractivity contribution < 1.29 is 4.74 Å². The van der Waals surface area contributed by atoms with Gasteiger partial charge in [0, 0.05) is 16.9 Å². The van der Waals surface area contributed by atoms with Crippen molar-refractivity contribution in [2.45, 2.75) is 30.2 Å². The van der Waals surface area contributed by atoms with Crippen LogP contribution in [0.15, 0.2) is 34.2 Å². The molecular formula is C14H18N4OS. The third kappa shape index (κ3) is 3.20. The zero-order chi connectivity index (χ0) is 14.5. The van der Waals surface area contributed by atoms with E-state index in [2.05, 4.69) is 15.4 Å². The summed E-state index contributed by atoms with van der Waals surface area (Å²) in [5, 5.41) is 0.901. The molecule has 0 saturated carbocycles. The van der Waals surface area contributed by atoms with Gasteiger partial charge in [-0.25, -0.2) is 15.8 Å². The largest absolute Gasteiger partial charge is 0.497 e. The van der Waals surface area contributed by atoms with E-state index in [-0.39, 0.29) is 0 Å². The normalized spacial score (nSPS) is 10.4. The average Bonchev–Trinajstić information content (AvgIpc) is 2.49. The lowest BCUT2D eigenvalue weighted by Crippen LogP contribution is -2.13. The van der Waals surface area contributed by atoms with Crippen molar-refractivity contribution in [3.63, 3.8) is 0 Å². The summed E-state index contributed by atoms with van der Waals surface area (Å²) in [4.78, 5) is 9.99. The number of methoxy groups -OCH3 is 1. The number of hydrogen-bond acceptors (Lipinski definition) is 6. The first-order chi connectivity index (χ1) is 9.67. The molecule has 5 nitrogen and oxygen atoms in total. The molecule has 6 heteroatoms. The van der Waals surface area contributed by atoms with E-state index in [1.165, 1.54) is 0 Å². The van der Waals surface area contributed by atoms with Gasteiger partial charge in [-0.15, -0.1) is 0 Å². The average molecular weight is 290 g/mol. The molecule has 0 spiro atoms. The van der Waals surface area contributed by atoms with E-state index in [1.54, 1.807) is 18.9 Å². The number of aryl methyl sites for hydroxylation is 1. The first-order valence-electron chi connectivity index (χ1n) is 6.34. The summed E-state index contributed by atoms with van der Waals surface area (Å²) in [5.74, 6) is 7.78. The Labute approximate surface area is 122 Å². The van der Waals surface area contributed by atoms with Crippen LogP contribution in [0.5, 0.6) is 5.75 Å². The molecule has 106 valence electrons. The van der Waals surface area contributed by atoms with Crippen LogP contribution in [0.25, 0.3) is 0 Å². The minimum Gasteiger partial charge on any atom is -0.497 e. The van der Waals surface area contributed by atoms with Gasteiger partial charge in [0.1, 0.15) is 22.4 Å². The lowest BCUT2D eigenvalue weighted by molar-refractivity contribution is 0.413. The molecule has 2 rings (SSSR count). The molecule has 2 aromatic rings. The van der Waals surface area contributed by atoms with Gasteiger partial charge in [-0.2, -0.15) is 0 Å². The fraction of sp³-hybridized carbons (Fsp3) is 0.286. The fourth-order valence-electron chi connectivity index (χ4n) is 1.71. The number of hydrazine groups is 1. The highest BCUT2D eigenvalue weighted by Gasteiger charge is 2.11. The van der Waals surface area contributed by atoms with E-state index >= 15 is 0 Å². The number of anilines is 1. The number of nitrogens with one attached hydrogen (secondary N) is 1. The van der Waals surface area contributed by atoms with Crippen LogP contribution in [0.4, 0.5) is 5.82 Å². The summed E-state index contributed by atoms with van der Waals surface area (Å²) in [7, 11) is 1.66. The molecule has 1 heterocycles. The Bertz CT molecular complexity index is 604. The van der Waals surface area contributed by atoms with Crippen LogP contribution in [0.3, 0.4) is 0 Å². The van der Waals surface area contributed by atoms with Gasteiger partial charge in [0.15, 0.2) is 0 Å². The number of aromatic nitrogens is 2. The SMILES string of the molecule is CCc1nc(NN)c(C)c(Sc2cccc(OC)c2)n1. The van der Waals surface area contributed by atoms with Crippen molar-refractivity contribution in [2.75, 3.05) is 12.5 Å². The molecule has 0 atom stereocenters. The first kappa shape index (κ1) is 14.6. The number of rotatable bonds is 5. The minimum atomic E-state index is 0.669. The van der Waals surface area contributed by atoms with Gasteiger partial charge in [-0.1, -0.05) is 24.8 Å². The molecule has 0 saturated heterocycles. The Balaban J connectivity index is 2.36. The van der Waals surface area contributed by atoms with E-state index < -0.39 is 0 Å². The molecule has 0 unspecified atom stereocenters. The second-order valence-corrected chi connectivity index (χ2v) is 5.26. The highest BCUT2D eigenvalue weighted by atomic mass is 32.2. The Kier molecular flexibility index (Phi) is 4.81. The van der Waals surface area contributed by atoms with Gasteiger partial charge in [-0.3, -0.25) is 0 Å².